The van der Waals surface area contributed by atoms with Gasteiger partial charge in [0, 0.05) is 11.6 Å². The number of anilines is 1. The van der Waals surface area contributed by atoms with Gasteiger partial charge in [-0.3, -0.25) is 0 Å². The summed E-state index contributed by atoms with van der Waals surface area (Å²) in [4.78, 5) is 4.32. The van der Waals surface area contributed by atoms with Crippen LogP contribution in [0.5, 0.6) is 5.75 Å². The molecule has 0 aliphatic heterocycles. The second-order valence-corrected chi connectivity index (χ2v) is 5.33. The van der Waals surface area contributed by atoms with Gasteiger partial charge in [-0.05, 0) is 32.9 Å². The lowest BCUT2D eigenvalue weighted by molar-refractivity contribution is 0.243. The molecule has 96 valence electrons. The van der Waals surface area contributed by atoms with Crippen LogP contribution in [0.2, 0.25) is 0 Å². The largest absolute Gasteiger partial charge is 0.489 e. The van der Waals surface area contributed by atoms with Crippen molar-refractivity contribution in [3.8, 4) is 5.75 Å². The quantitative estimate of drug-likeness (QED) is 0.880. The summed E-state index contributed by atoms with van der Waals surface area (Å²) in [5.41, 5.74) is 1.01. The average molecular weight is 262 g/mol. The van der Waals surface area contributed by atoms with Crippen molar-refractivity contribution in [1.29, 1.82) is 0 Å². The predicted octanol–water partition coefficient (Wildman–Crippen LogP) is 4.10. The summed E-state index contributed by atoms with van der Waals surface area (Å²) < 4.78 is 5.78. The molecule has 3 nitrogen and oxygen atoms in total. The van der Waals surface area contributed by atoms with Crippen LogP contribution in [0.1, 0.15) is 31.8 Å². The molecule has 1 heterocycles. The molecule has 1 unspecified atom stereocenters. The first-order chi connectivity index (χ1) is 8.66. The van der Waals surface area contributed by atoms with Crippen LogP contribution in [0.15, 0.2) is 35.8 Å². The predicted molar refractivity (Wildman–Crippen MR) is 76.4 cm³/mol. The molecular formula is C14H18N2OS. The number of hydrogen-bond acceptors (Lipinski definition) is 4. The van der Waals surface area contributed by atoms with Gasteiger partial charge in [-0.25, -0.2) is 4.98 Å². The molecule has 0 fully saturated rings. The molecule has 4 heteroatoms. The number of thiazole rings is 1. The summed E-state index contributed by atoms with van der Waals surface area (Å²) >= 11 is 1.66. The number of benzene rings is 1. The minimum Gasteiger partial charge on any atom is -0.489 e. The van der Waals surface area contributed by atoms with Gasteiger partial charge in [0.25, 0.3) is 0 Å². The molecule has 2 aromatic rings. The summed E-state index contributed by atoms with van der Waals surface area (Å²) in [6, 6.07) is 8.18. The van der Waals surface area contributed by atoms with Crippen LogP contribution >= 0.6 is 11.3 Å². The Bertz CT molecular complexity index is 482. The summed E-state index contributed by atoms with van der Waals surface area (Å²) in [5.74, 6) is 0.885. The third-order valence-corrected chi connectivity index (χ3v) is 3.40. The van der Waals surface area contributed by atoms with E-state index < -0.39 is 0 Å². The van der Waals surface area contributed by atoms with E-state index in [1.165, 1.54) is 0 Å². The van der Waals surface area contributed by atoms with E-state index in [-0.39, 0.29) is 12.1 Å². The number of aromatic nitrogens is 1. The second kappa shape index (κ2) is 5.87. The fourth-order valence-electron chi connectivity index (χ4n) is 1.69. The van der Waals surface area contributed by atoms with Crippen LogP contribution in [0.3, 0.4) is 0 Å². The number of rotatable bonds is 5. The van der Waals surface area contributed by atoms with Crippen LogP contribution < -0.4 is 10.1 Å². The van der Waals surface area contributed by atoms with E-state index in [0.29, 0.717) is 0 Å². The molecule has 0 spiro atoms. The van der Waals surface area contributed by atoms with Gasteiger partial charge >= 0.3 is 0 Å². The number of nitrogens with zero attached hydrogens (tertiary/aromatic N) is 1. The lowest BCUT2D eigenvalue weighted by Crippen LogP contribution is -2.11. The monoisotopic (exact) mass is 262 g/mol. The van der Waals surface area contributed by atoms with Crippen LogP contribution in [0.4, 0.5) is 5.69 Å². The Kier molecular flexibility index (Phi) is 4.20. The minimum atomic E-state index is 0.170. The van der Waals surface area contributed by atoms with Gasteiger partial charge in [0.1, 0.15) is 10.8 Å². The van der Waals surface area contributed by atoms with Crippen molar-refractivity contribution in [2.75, 3.05) is 5.32 Å². The number of hydrogen-bond donors (Lipinski definition) is 1. The highest BCUT2D eigenvalue weighted by Gasteiger charge is 2.11. The maximum Gasteiger partial charge on any atom is 0.142 e. The molecule has 0 aliphatic rings. The second-order valence-electron chi connectivity index (χ2n) is 4.40. The van der Waals surface area contributed by atoms with Gasteiger partial charge < -0.3 is 10.1 Å². The maximum atomic E-state index is 5.78. The third kappa shape index (κ3) is 3.23. The highest BCUT2D eigenvalue weighted by Crippen LogP contribution is 2.29. The molecule has 0 saturated carbocycles. The molecule has 0 saturated heterocycles. The highest BCUT2D eigenvalue weighted by atomic mass is 32.1. The van der Waals surface area contributed by atoms with Crippen LogP contribution in [0, 0.1) is 0 Å². The molecular weight excluding hydrogens is 244 g/mol. The van der Waals surface area contributed by atoms with E-state index in [0.717, 1.165) is 16.4 Å². The van der Waals surface area contributed by atoms with Gasteiger partial charge in [-0.1, -0.05) is 12.1 Å². The van der Waals surface area contributed by atoms with Gasteiger partial charge in [-0.15, -0.1) is 11.3 Å². The first kappa shape index (κ1) is 12.9. The van der Waals surface area contributed by atoms with E-state index in [9.17, 15) is 0 Å². The van der Waals surface area contributed by atoms with Crippen molar-refractivity contribution >= 4 is 17.0 Å². The number of para-hydroxylation sites is 2. The van der Waals surface area contributed by atoms with Crippen molar-refractivity contribution in [2.45, 2.75) is 32.9 Å². The summed E-state index contributed by atoms with van der Waals surface area (Å²) in [6.45, 7) is 6.16. The van der Waals surface area contributed by atoms with Gasteiger partial charge in [0.15, 0.2) is 0 Å². The van der Waals surface area contributed by atoms with E-state index >= 15 is 0 Å². The Hall–Kier alpha value is -1.55. The first-order valence-electron chi connectivity index (χ1n) is 6.08. The number of ether oxygens (including phenoxy) is 1. The van der Waals surface area contributed by atoms with Crippen molar-refractivity contribution in [1.82, 2.24) is 4.98 Å². The SMILES string of the molecule is CC(C)Oc1ccccc1NC(C)c1nccs1. The third-order valence-electron chi connectivity index (χ3n) is 2.44. The first-order valence-corrected chi connectivity index (χ1v) is 6.96. The topological polar surface area (TPSA) is 34.1 Å². The fraction of sp³-hybridized carbons (Fsp3) is 0.357. The molecule has 2 rings (SSSR count). The van der Waals surface area contributed by atoms with Crippen LogP contribution in [-0.4, -0.2) is 11.1 Å². The van der Waals surface area contributed by atoms with Crippen LogP contribution in [0.25, 0.3) is 0 Å². The highest BCUT2D eigenvalue weighted by molar-refractivity contribution is 7.09. The fourth-order valence-corrected chi connectivity index (χ4v) is 2.33. The molecule has 1 aromatic carbocycles. The molecule has 1 aromatic heterocycles. The molecule has 1 atom stereocenters. The van der Waals surface area contributed by atoms with Gasteiger partial charge in [0.2, 0.25) is 0 Å². The zero-order valence-corrected chi connectivity index (χ0v) is 11.7. The van der Waals surface area contributed by atoms with Gasteiger partial charge in [-0.2, -0.15) is 0 Å². The van der Waals surface area contributed by atoms with Crippen LogP contribution in [-0.2, 0) is 0 Å². The Labute approximate surface area is 112 Å². The Balaban J connectivity index is 2.13. The number of nitrogens with one attached hydrogen (secondary N) is 1. The summed E-state index contributed by atoms with van der Waals surface area (Å²) in [7, 11) is 0. The van der Waals surface area contributed by atoms with Crippen molar-refractivity contribution in [3.63, 3.8) is 0 Å². The average Bonchev–Trinajstić information content (AvgIpc) is 2.84. The molecule has 0 bridgehead atoms. The van der Waals surface area contributed by atoms with Crippen molar-refractivity contribution in [2.24, 2.45) is 0 Å². The van der Waals surface area contributed by atoms with E-state index in [4.69, 9.17) is 4.74 Å². The Morgan fingerprint density at radius 3 is 2.67 bits per heavy atom. The van der Waals surface area contributed by atoms with Gasteiger partial charge in [0.05, 0.1) is 17.8 Å². The minimum absolute atomic E-state index is 0.170. The van der Waals surface area contributed by atoms with Crippen molar-refractivity contribution < 1.29 is 4.74 Å². The Morgan fingerprint density at radius 2 is 2.00 bits per heavy atom. The van der Waals surface area contributed by atoms with Crippen molar-refractivity contribution in [3.05, 3.63) is 40.8 Å². The molecule has 0 aliphatic carbocycles. The lowest BCUT2D eigenvalue weighted by atomic mass is 10.2. The molecule has 18 heavy (non-hydrogen) atoms. The Morgan fingerprint density at radius 1 is 1.22 bits per heavy atom. The maximum absolute atomic E-state index is 5.78. The summed E-state index contributed by atoms with van der Waals surface area (Å²) in [6.07, 6.45) is 2.00. The summed E-state index contributed by atoms with van der Waals surface area (Å²) in [5, 5.41) is 6.51. The normalized spacial score (nSPS) is 12.4. The zero-order chi connectivity index (χ0) is 13.0. The smallest absolute Gasteiger partial charge is 0.142 e. The lowest BCUT2D eigenvalue weighted by Gasteiger charge is -2.18. The van der Waals surface area contributed by atoms with E-state index in [2.05, 4.69) is 17.2 Å². The van der Waals surface area contributed by atoms with E-state index in [1.54, 1.807) is 11.3 Å². The molecule has 0 radical (unpaired) electrons. The molecule has 0 amide bonds. The standard InChI is InChI=1S/C14H18N2OS/c1-10(2)17-13-7-5-4-6-12(13)16-11(3)14-15-8-9-18-14/h4-11,16H,1-3H3. The van der Waals surface area contributed by atoms with E-state index in [1.807, 2.05) is 49.7 Å². The molecule has 1 N–H and O–H groups in total. The zero-order valence-electron chi connectivity index (χ0n) is 10.9.